The van der Waals surface area contributed by atoms with Crippen LogP contribution in [0.4, 0.5) is 0 Å². The highest BCUT2D eigenvalue weighted by Gasteiger charge is 2.13. The van der Waals surface area contributed by atoms with E-state index in [0.29, 0.717) is 26.8 Å². The number of hydrogen-bond donors (Lipinski definition) is 3. The first-order valence-electron chi connectivity index (χ1n) is 5.23. The number of aromatic nitrogens is 6. The fourth-order valence-electron chi connectivity index (χ4n) is 1.51. The summed E-state index contributed by atoms with van der Waals surface area (Å²) >= 11 is 1.26. The van der Waals surface area contributed by atoms with E-state index in [2.05, 4.69) is 30.1 Å². The van der Waals surface area contributed by atoms with E-state index < -0.39 is 0 Å². The Balaban J connectivity index is 2.06. The molecule has 9 heteroatoms. The van der Waals surface area contributed by atoms with Gasteiger partial charge >= 0.3 is 0 Å². The van der Waals surface area contributed by atoms with Crippen molar-refractivity contribution in [3.63, 3.8) is 0 Å². The van der Waals surface area contributed by atoms with Crippen LogP contribution < -0.4 is 5.73 Å². The molecule has 0 radical (unpaired) electrons. The van der Waals surface area contributed by atoms with Crippen LogP contribution in [0.1, 0.15) is 5.56 Å². The molecule has 0 amide bonds. The lowest BCUT2D eigenvalue weighted by Gasteiger charge is -2.04. The minimum absolute atomic E-state index is 0.0627. The maximum Gasteiger partial charge on any atom is 0.181 e. The molecule has 4 N–H and O–H groups in total. The van der Waals surface area contributed by atoms with Gasteiger partial charge in [0.2, 0.25) is 0 Å². The van der Waals surface area contributed by atoms with E-state index in [4.69, 9.17) is 11.1 Å². The lowest BCUT2D eigenvalue weighted by atomic mass is 10.3. The molecule has 8 nitrogen and oxygen atoms in total. The molecule has 3 heterocycles. The molecular weight excluding hydrogens is 264 g/mol. The minimum Gasteiger partial charge on any atom is -0.384 e. The van der Waals surface area contributed by atoms with Crippen molar-refractivity contribution < 1.29 is 0 Å². The van der Waals surface area contributed by atoms with E-state index >= 15 is 0 Å². The number of aromatic amines is 1. The number of imidazole rings is 1. The van der Waals surface area contributed by atoms with Gasteiger partial charge in [-0.3, -0.25) is 5.41 Å². The SMILES string of the molecule is N=C(N)c1ccnnc1Sc1ncnc2nc[nH]c12. The summed E-state index contributed by atoms with van der Waals surface area (Å²) in [6, 6.07) is 1.64. The van der Waals surface area contributed by atoms with Gasteiger partial charge in [-0.25, -0.2) is 15.0 Å². The first kappa shape index (κ1) is 11.5. The summed E-state index contributed by atoms with van der Waals surface area (Å²) in [6.07, 6.45) is 4.47. The van der Waals surface area contributed by atoms with E-state index in [0.717, 1.165) is 0 Å². The van der Waals surface area contributed by atoms with Gasteiger partial charge in [-0.1, -0.05) is 0 Å². The number of nitrogens with one attached hydrogen (secondary N) is 2. The van der Waals surface area contributed by atoms with Gasteiger partial charge in [-0.05, 0) is 17.8 Å². The highest BCUT2D eigenvalue weighted by Crippen LogP contribution is 2.29. The molecule has 3 aromatic rings. The van der Waals surface area contributed by atoms with Crippen molar-refractivity contribution in [2.45, 2.75) is 10.1 Å². The van der Waals surface area contributed by atoms with Crippen LogP contribution in [0.3, 0.4) is 0 Å². The minimum atomic E-state index is -0.0627. The summed E-state index contributed by atoms with van der Waals surface area (Å²) in [5.41, 5.74) is 7.32. The second kappa shape index (κ2) is 4.61. The van der Waals surface area contributed by atoms with Crippen molar-refractivity contribution in [2.75, 3.05) is 0 Å². The van der Waals surface area contributed by atoms with Crippen LogP contribution in [-0.2, 0) is 0 Å². The average molecular weight is 272 g/mol. The third-order valence-electron chi connectivity index (χ3n) is 2.36. The molecule has 3 rings (SSSR count). The largest absolute Gasteiger partial charge is 0.384 e. The highest BCUT2D eigenvalue weighted by molar-refractivity contribution is 7.99. The Kier molecular flexibility index (Phi) is 2.80. The standard InChI is InChI=1S/C10H8N8S/c11-7(12)5-1-2-17-18-9(5)19-10-6-8(14-3-13-6)15-4-16-10/h1-4H,(H3,11,12)(H,13,14,15,16). The van der Waals surface area contributed by atoms with Gasteiger partial charge in [0.1, 0.15) is 27.7 Å². The van der Waals surface area contributed by atoms with Gasteiger partial charge in [-0.15, -0.1) is 5.10 Å². The lowest BCUT2D eigenvalue weighted by Crippen LogP contribution is -2.13. The molecule has 0 atom stereocenters. The first-order valence-corrected chi connectivity index (χ1v) is 6.05. The van der Waals surface area contributed by atoms with Crippen LogP contribution in [0.2, 0.25) is 0 Å². The van der Waals surface area contributed by atoms with Crippen molar-refractivity contribution >= 4 is 28.8 Å². The number of rotatable bonds is 3. The summed E-state index contributed by atoms with van der Waals surface area (Å²) in [6.45, 7) is 0. The second-order valence-electron chi connectivity index (χ2n) is 3.55. The van der Waals surface area contributed by atoms with Crippen molar-refractivity contribution in [3.05, 3.63) is 30.5 Å². The molecule has 0 bridgehead atoms. The van der Waals surface area contributed by atoms with Gasteiger partial charge in [0.15, 0.2) is 5.65 Å². The van der Waals surface area contributed by atoms with Gasteiger partial charge in [-0.2, -0.15) is 5.10 Å². The van der Waals surface area contributed by atoms with Crippen molar-refractivity contribution in [1.29, 1.82) is 5.41 Å². The van der Waals surface area contributed by atoms with Crippen molar-refractivity contribution in [2.24, 2.45) is 5.73 Å². The number of hydrogen-bond acceptors (Lipinski definition) is 7. The molecule has 0 saturated carbocycles. The van der Waals surface area contributed by atoms with Crippen LogP contribution >= 0.6 is 11.8 Å². The highest BCUT2D eigenvalue weighted by atomic mass is 32.2. The van der Waals surface area contributed by atoms with Crippen LogP contribution in [-0.4, -0.2) is 36.0 Å². The maximum atomic E-state index is 7.52. The third-order valence-corrected chi connectivity index (χ3v) is 3.36. The third kappa shape index (κ3) is 2.10. The van der Waals surface area contributed by atoms with E-state index in [1.807, 2.05) is 0 Å². The first-order chi connectivity index (χ1) is 9.25. The quantitative estimate of drug-likeness (QED) is 0.361. The summed E-state index contributed by atoms with van der Waals surface area (Å²) in [7, 11) is 0. The predicted molar refractivity (Wildman–Crippen MR) is 68.9 cm³/mol. The fraction of sp³-hybridized carbons (Fsp3) is 0. The Morgan fingerprint density at radius 1 is 1.26 bits per heavy atom. The summed E-state index contributed by atoms with van der Waals surface area (Å²) in [5.74, 6) is -0.0627. The zero-order valence-electron chi connectivity index (χ0n) is 9.53. The van der Waals surface area contributed by atoms with Crippen LogP contribution in [0.25, 0.3) is 11.2 Å². The zero-order valence-corrected chi connectivity index (χ0v) is 10.3. The van der Waals surface area contributed by atoms with Gasteiger partial charge in [0.05, 0.1) is 18.1 Å². The Morgan fingerprint density at radius 2 is 2.16 bits per heavy atom. The molecule has 3 aromatic heterocycles. The van der Waals surface area contributed by atoms with E-state index in [9.17, 15) is 0 Å². The molecular formula is C10H8N8S. The number of amidine groups is 1. The number of fused-ring (bicyclic) bond motifs is 1. The Hall–Kier alpha value is -2.55. The fourth-order valence-corrected chi connectivity index (χ4v) is 2.42. The van der Waals surface area contributed by atoms with Crippen molar-refractivity contribution in [3.8, 4) is 0 Å². The van der Waals surface area contributed by atoms with Crippen LogP contribution in [0, 0.1) is 5.41 Å². The lowest BCUT2D eigenvalue weighted by molar-refractivity contribution is 0.918. The van der Waals surface area contributed by atoms with Gasteiger partial charge < -0.3 is 10.7 Å². The Labute approximate surface area is 111 Å². The Bertz CT molecular complexity index is 752. The molecule has 0 unspecified atom stereocenters. The normalized spacial score (nSPS) is 10.7. The number of H-pyrrole nitrogens is 1. The smallest absolute Gasteiger partial charge is 0.181 e. The molecule has 0 aliphatic heterocycles. The zero-order chi connectivity index (χ0) is 13.2. The molecule has 19 heavy (non-hydrogen) atoms. The van der Waals surface area contributed by atoms with Crippen LogP contribution in [0.5, 0.6) is 0 Å². The molecule has 0 aliphatic carbocycles. The summed E-state index contributed by atoms with van der Waals surface area (Å²) in [5, 5.41) is 16.5. The topological polar surface area (TPSA) is 130 Å². The van der Waals surface area contributed by atoms with Crippen molar-refractivity contribution in [1.82, 2.24) is 30.1 Å². The van der Waals surface area contributed by atoms with E-state index in [1.165, 1.54) is 24.3 Å². The molecule has 0 aromatic carbocycles. The van der Waals surface area contributed by atoms with Crippen LogP contribution in [0.15, 0.2) is 35.0 Å². The molecule has 0 spiro atoms. The average Bonchev–Trinajstić information content (AvgIpc) is 2.88. The molecule has 0 fully saturated rings. The van der Waals surface area contributed by atoms with Gasteiger partial charge in [0.25, 0.3) is 0 Å². The number of nitrogens with zero attached hydrogens (tertiary/aromatic N) is 5. The molecule has 94 valence electrons. The second-order valence-corrected chi connectivity index (χ2v) is 4.52. The van der Waals surface area contributed by atoms with E-state index in [1.54, 1.807) is 12.4 Å². The molecule has 0 aliphatic rings. The number of nitrogen functional groups attached to an aromatic ring is 1. The maximum absolute atomic E-state index is 7.52. The molecule has 0 saturated heterocycles. The monoisotopic (exact) mass is 272 g/mol. The van der Waals surface area contributed by atoms with Gasteiger partial charge in [0, 0.05) is 0 Å². The summed E-state index contributed by atoms with van der Waals surface area (Å²) < 4.78 is 0. The predicted octanol–water partition coefficient (Wildman–Crippen LogP) is 0.578. The van der Waals surface area contributed by atoms with E-state index in [-0.39, 0.29) is 5.84 Å². The summed E-state index contributed by atoms with van der Waals surface area (Å²) in [4.78, 5) is 15.2. The Morgan fingerprint density at radius 3 is 3.00 bits per heavy atom. The number of nitrogens with two attached hydrogens (primary N) is 1.